The first-order valence-electron chi connectivity index (χ1n) is 10.5. The zero-order chi connectivity index (χ0) is 22.6. The van der Waals surface area contributed by atoms with Crippen molar-refractivity contribution in [1.82, 2.24) is 9.47 Å². The van der Waals surface area contributed by atoms with Gasteiger partial charge in [-0.2, -0.15) is 0 Å². The number of Topliss-reactive ketones (excluding diaryl/α,β-unsaturated/α-hetero) is 1. The molecule has 2 aromatic carbocycles. The summed E-state index contributed by atoms with van der Waals surface area (Å²) in [6.45, 7) is 0.876. The number of benzene rings is 2. The smallest absolute Gasteiger partial charge is 0.256 e. The van der Waals surface area contributed by atoms with Crippen LogP contribution in [0.15, 0.2) is 30.5 Å². The van der Waals surface area contributed by atoms with E-state index < -0.39 is 11.6 Å². The molecule has 8 heteroatoms. The Balaban J connectivity index is 1.35. The summed E-state index contributed by atoms with van der Waals surface area (Å²) in [7, 11) is 1.87. The summed E-state index contributed by atoms with van der Waals surface area (Å²) in [6, 6.07) is 5.73. The van der Waals surface area contributed by atoms with Gasteiger partial charge < -0.3 is 14.2 Å². The van der Waals surface area contributed by atoms with Gasteiger partial charge in [0.2, 0.25) is 0 Å². The van der Waals surface area contributed by atoms with E-state index in [1.54, 1.807) is 11.0 Å². The molecular weight excluding hydrogens is 438 g/mol. The fourth-order valence-corrected chi connectivity index (χ4v) is 4.92. The number of likely N-dealkylation sites (tertiary alicyclic amines) is 1. The van der Waals surface area contributed by atoms with E-state index in [1.165, 1.54) is 18.2 Å². The summed E-state index contributed by atoms with van der Waals surface area (Å²) in [4.78, 5) is 26.3. The van der Waals surface area contributed by atoms with Crippen molar-refractivity contribution in [2.24, 2.45) is 7.05 Å². The van der Waals surface area contributed by atoms with Crippen molar-refractivity contribution in [3.63, 3.8) is 0 Å². The first-order valence-corrected chi connectivity index (χ1v) is 10.9. The maximum Gasteiger partial charge on any atom is 0.256 e. The molecule has 0 aliphatic carbocycles. The van der Waals surface area contributed by atoms with E-state index in [1.807, 2.05) is 17.8 Å². The normalized spacial score (nSPS) is 16.9. The minimum Gasteiger partial charge on any atom is -0.485 e. The van der Waals surface area contributed by atoms with Crippen molar-refractivity contribution >= 4 is 34.2 Å². The van der Waals surface area contributed by atoms with Gasteiger partial charge in [0, 0.05) is 49.8 Å². The molecule has 0 radical (unpaired) electrons. The average Bonchev–Trinajstić information content (AvgIpc) is 3.09. The van der Waals surface area contributed by atoms with E-state index >= 15 is 0 Å². The Morgan fingerprint density at radius 1 is 1.12 bits per heavy atom. The minimum absolute atomic E-state index is 0.0343. The van der Waals surface area contributed by atoms with Crippen LogP contribution in [0.3, 0.4) is 0 Å². The van der Waals surface area contributed by atoms with Crippen molar-refractivity contribution in [1.29, 1.82) is 0 Å². The van der Waals surface area contributed by atoms with Gasteiger partial charge >= 0.3 is 0 Å². The zero-order valence-electron chi connectivity index (χ0n) is 17.5. The summed E-state index contributed by atoms with van der Waals surface area (Å²) in [5.41, 5.74) is 2.36. The number of rotatable bonds is 2. The minimum atomic E-state index is -0.643. The van der Waals surface area contributed by atoms with Gasteiger partial charge in [0.05, 0.1) is 16.1 Å². The van der Waals surface area contributed by atoms with Gasteiger partial charge in [0.15, 0.2) is 5.78 Å². The Labute approximate surface area is 188 Å². The molecule has 3 aromatic rings. The highest BCUT2D eigenvalue weighted by Crippen LogP contribution is 2.37. The maximum atomic E-state index is 14.6. The molecule has 2 aliphatic rings. The molecule has 5 rings (SSSR count). The second kappa shape index (κ2) is 7.89. The monoisotopic (exact) mass is 458 g/mol. The number of hydrogen-bond acceptors (Lipinski definition) is 3. The van der Waals surface area contributed by atoms with Crippen molar-refractivity contribution in [2.45, 2.75) is 25.2 Å². The summed E-state index contributed by atoms with van der Waals surface area (Å²) in [5.74, 6) is -1.07. The molecule has 0 bridgehead atoms. The first kappa shape index (κ1) is 20.9. The standard InChI is InChI=1S/C24H21ClF2N2O3/c1-28-11-18(16-8-19(25)21(27)9-22(16)28)13-2-4-29(5-3-13)24(31)17-7-14-6-15(30)12-32-23(14)10-20(17)26/h7-11,13H,2-6,12H2,1H3. The van der Waals surface area contributed by atoms with E-state index in [4.69, 9.17) is 16.3 Å². The molecule has 1 amide bonds. The van der Waals surface area contributed by atoms with Crippen LogP contribution in [0.4, 0.5) is 8.78 Å². The van der Waals surface area contributed by atoms with Crippen LogP contribution in [0.1, 0.15) is 40.2 Å². The third-order valence-corrected chi connectivity index (χ3v) is 6.73. The molecule has 1 saturated heterocycles. The van der Waals surface area contributed by atoms with E-state index in [9.17, 15) is 18.4 Å². The second-order valence-corrected chi connectivity index (χ2v) is 8.90. The molecule has 0 saturated carbocycles. The molecule has 0 atom stereocenters. The molecule has 0 spiro atoms. The number of carbonyl (C=O) groups is 2. The molecule has 0 N–H and O–H groups in total. The third-order valence-electron chi connectivity index (χ3n) is 6.44. The van der Waals surface area contributed by atoms with Crippen molar-refractivity contribution in [3.05, 3.63) is 63.8 Å². The van der Waals surface area contributed by atoms with Gasteiger partial charge in [0.25, 0.3) is 5.91 Å². The van der Waals surface area contributed by atoms with Gasteiger partial charge in [0.1, 0.15) is 24.0 Å². The number of fused-ring (bicyclic) bond motifs is 2. The number of amides is 1. The fraction of sp³-hybridized carbons (Fsp3) is 0.333. The van der Waals surface area contributed by atoms with Crippen LogP contribution in [-0.4, -0.2) is 40.9 Å². The Kier molecular flexibility index (Phi) is 5.16. The number of piperidine rings is 1. The molecule has 5 nitrogen and oxygen atoms in total. The number of carbonyl (C=O) groups excluding carboxylic acids is 2. The lowest BCUT2D eigenvalue weighted by molar-refractivity contribution is -0.121. The van der Waals surface area contributed by atoms with Crippen LogP contribution in [0.2, 0.25) is 5.02 Å². The van der Waals surface area contributed by atoms with E-state index in [2.05, 4.69) is 0 Å². The Bertz CT molecular complexity index is 1260. The van der Waals surface area contributed by atoms with E-state index in [0.717, 1.165) is 16.5 Å². The summed E-state index contributed by atoms with van der Waals surface area (Å²) in [5, 5.41) is 0.997. The first-order chi connectivity index (χ1) is 15.3. The highest BCUT2D eigenvalue weighted by molar-refractivity contribution is 6.31. The van der Waals surface area contributed by atoms with Crippen LogP contribution < -0.4 is 4.74 Å². The molecular formula is C24H21ClF2N2O3. The van der Waals surface area contributed by atoms with Crippen molar-refractivity contribution < 1.29 is 23.1 Å². The molecule has 0 unspecified atom stereocenters. The quantitative estimate of drug-likeness (QED) is 0.562. The zero-order valence-corrected chi connectivity index (χ0v) is 18.2. The number of hydrogen-bond donors (Lipinski definition) is 0. The topological polar surface area (TPSA) is 51.5 Å². The predicted molar refractivity (Wildman–Crippen MR) is 116 cm³/mol. The SMILES string of the molecule is Cn1cc(C2CCN(C(=O)c3cc4c(cc3F)OCC(=O)C4)CC2)c2cc(Cl)c(F)cc21. The van der Waals surface area contributed by atoms with Crippen LogP contribution in [-0.2, 0) is 18.3 Å². The van der Waals surface area contributed by atoms with Crippen molar-refractivity contribution in [3.8, 4) is 5.75 Å². The Morgan fingerprint density at radius 2 is 1.88 bits per heavy atom. The number of nitrogens with zero attached hydrogens (tertiary/aromatic N) is 2. The number of ketones is 1. The number of aromatic nitrogens is 1. The Morgan fingerprint density at radius 3 is 2.62 bits per heavy atom. The lowest BCUT2D eigenvalue weighted by Gasteiger charge is -2.32. The highest BCUT2D eigenvalue weighted by Gasteiger charge is 2.29. The number of aryl methyl sites for hydroxylation is 1. The second-order valence-electron chi connectivity index (χ2n) is 8.49. The van der Waals surface area contributed by atoms with Gasteiger partial charge in [-0.25, -0.2) is 8.78 Å². The van der Waals surface area contributed by atoms with Crippen molar-refractivity contribution in [2.75, 3.05) is 19.7 Å². The highest BCUT2D eigenvalue weighted by atomic mass is 35.5. The maximum absolute atomic E-state index is 14.6. The van der Waals surface area contributed by atoms with Gasteiger partial charge in [-0.15, -0.1) is 0 Å². The molecule has 3 heterocycles. The molecule has 1 aromatic heterocycles. The van der Waals surface area contributed by atoms with Crippen LogP contribution in [0.5, 0.6) is 5.75 Å². The molecule has 166 valence electrons. The largest absolute Gasteiger partial charge is 0.485 e. The predicted octanol–water partition coefficient (Wildman–Crippen LogP) is 4.63. The average molecular weight is 459 g/mol. The summed E-state index contributed by atoms with van der Waals surface area (Å²) < 4.78 is 35.7. The van der Waals surface area contributed by atoms with E-state index in [-0.39, 0.29) is 41.2 Å². The number of halogens is 3. The van der Waals surface area contributed by atoms with Crippen LogP contribution >= 0.6 is 11.6 Å². The number of ether oxygens (including phenoxy) is 1. The summed E-state index contributed by atoms with van der Waals surface area (Å²) in [6.07, 6.45) is 3.53. The molecule has 2 aliphatic heterocycles. The van der Waals surface area contributed by atoms with Crippen LogP contribution in [0.25, 0.3) is 10.9 Å². The van der Waals surface area contributed by atoms with Gasteiger partial charge in [-0.3, -0.25) is 9.59 Å². The van der Waals surface area contributed by atoms with Crippen LogP contribution in [0, 0.1) is 11.6 Å². The van der Waals surface area contributed by atoms with E-state index in [0.29, 0.717) is 37.2 Å². The lowest BCUT2D eigenvalue weighted by Crippen LogP contribution is -2.38. The van der Waals surface area contributed by atoms with Gasteiger partial charge in [-0.1, -0.05) is 11.6 Å². The molecule has 32 heavy (non-hydrogen) atoms. The lowest BCUT2D eigenvalue weighted by atomic mass is 9.89. The van der Waals surface area contributed by atoms with Gasteiger partial charge in [-0.05, 0) is 42.5 Å². The Hall–Kier alpha value is -2.93. The molecule has 1 fully saturated rings. The summed E-state index contributed by atoms with van der Waals surface area (Å²) >= 11 is 6.01. The third kappa shape index (κ3) is 3.54. The fourth-order valence-electron chi connectivity index (χ4n) is 4.75.